The summed E-state index contributed by atoms with van der Waals surface area (Å²) in [6.45, 7) is 0. The van der Waals surface area contributed by atoms with Gasteiger partial charge in [0.2, 0.25) is 0 Å². The van der Waals surface area contributed by atoms with Crippen molar-refractivity contribution >= 4 is 22.9 Å². The Morgan fingerprint density at radius 2 is 1.97 bits per heavy atom. The summed E-state index contributed by atoms with van der Waals surface area (Å²) in [5.74, 6) is -2.27. The van der Waals surface area contributed by atoms with E-state index in [1.165, 1.54) is 23.0 Å². The maximum absolute atomic E-state index is 13.9. The summed E-state index contributed by atoms with van der Waals surface area (Å²) in [6, 6.07) is 9.65. The number of fused-ring (bicyclic) bond motifs is 3. The van der Waals surface area contributed by atoms with Crippen molar-refractivity contribution in [1.29, 1.82) is 0 Å². The predicted octanol–water partition coefficient (Wildman–Crippen LogP) is 5.02. The molecule has 0 spiro atoms. The SMILES string of the molecule is O=C(Nc1c(F)cccc1F)c1nc2c(s1)-c1cc(-n3ccnc3)ccc1CCC2. The largest absolute Gasteiger partial charge is 0.315 e. The number of imidazole rings is 1. The summed E-state index contributed by atoms with van der Waals surface area (Å²) in [4.78, 5) is 22.2. The molecule has 1 N–H and O–H groups in total. The van der Waals surface area contributed by atoms with E-state index in [0.717, 1.165) is 53.2 Å². The Bertz CT molecular complexity index is 1230. The van der Waals surface area contributed by atoms with Crippen LogP contribution in [0.25, 0.3) is 16.1 Å². The highest BCUT2D eigenvalue weighted by atomic mass is 32.1. The van der Waals surface area contributed by atoms with Crippen LogP contribution in [-0.2, 0) is 12.8 Å². The molecule has 2 aromatic carbocycles. The van der Waals surface area contributed by atoms with E-state index in [4.69, 9.17) is 0 Å². The van der Waals surface area contributed by atoms with Gasteiger partial charge in [-0.05, 0) is 54.7 Å². The van der Waals surface area contributed by atoms with Gasteiger partial charge in [0.1, 0.15) is 17.3 Å². The molecule has 2 aromatic heterocycles. The van der Waals surface area contributed by atoms with Crippen molar-refractivity contribution in [2.24, 2.45) is 0 Å². The number of carbonyl (C=O) groups excluding carboxylic acids is 1. The van der Waals surface area contributed by atoms with Crippen molar-refractivity contribution in [2.45, 2.75) is 19.3 Å². The molecule has 0 atom stereocenters. The van der Waals surface area contributed by atoms with Gasteiger partial charge in [0, 0.05) is 18.1 Å². The number of rotatable bonds is 3. The second-order valence-electron chi connectivity index (χ2n) is 7.01. The van der Waals surface area contributed by atoms with Crippen LogP contribution in [0.3, 0.4) is 0 Å². The highest BCUT2D eigenvalue weighted by molar-refractivity contribution is 7.17. The first-order valence-corrected chi connectivity index (χ1v) is 10.3. The first kappa shape index (κ1) is 18.6. The van der Waals surface area contributed by atoms with E-state index in [1.54, 1.807) is 12.5 Å². The van der Waals surface area contributed by atoms with Crippen LogP contribution in [0.5, 0.6) is 0 Å². The minimum atomic E-state index is -0.822. The average Bonchev–Trinajstić information content (AvgIpc) is 3.39. The molecule has 0 fully saturated rings. The quantitative estimate of drug-likeness (QED) is 0.505. The number of anilines is 1. The number of hydrogen-bond donors (Lipinski definition) is 1. The van der Waals surface area contributed by atoms with Gasteiger partial charge in [-0.25, -0.2) is 18.7 Å². The van der Waals surface area contributed by atoms with E-state index in [9.17, 15) is 13.6 Å². The zero-order chi connectivity index (χ0) is 20.7. The molecule has 8 heteroatoms. The van der Waals surface area contributed by atoms with E-state index in [-0.39, 0.29) is 5.01 Å². The lowest BCUT2D eigenvalue weighted by atomic mass is 10.0. The number of aromatic nitrogens is 3. The number of nitrogens with one attached hydrogen (secondary N) is 1. The van der Waals surface area contributed by atoms with Crippen LogP contribution in [0.15, 0.2) is 55.1 Å². The number of benzene rings is 2. The number of para-hydroxylation sites is 1. The molecule has 0 saturated carbocycles. The number of nitrogens with zero attached hydrogens (tertiary/aromatic N) is 3. The molecule has 4 aromatic rings. The minimum absolute atomic E-state index is 0.184. The Balaban J connectivity index is 1.53. The van der Waals surface area contributed by atoms with Crippen molar-refractivity contribution < 1.29 is 13.6 Å². The Morgan fingerprint density at radius 1 is 1.13 bits per heavy atom. The van der Waals surface area contributed by atoms with E-state index < -0.39 is 23.2 Å². The molecular weight excluding hydrogens is 406 g/mol. The molecule has 5 nitrogen and oxygen atoms in total. The first-order chi connectivity index (χ1) is 14.6. The monoisotopic (exact) mass is 422 g/mol. The fourth-order valence-corrected chi connectivity index (χ4v) is 4.68. The summed E-state index contributed by atoms with van der Waals surface area (Å²) < 4.78 is 29.7. The molecule has 0 unspecified atom stereocenters. The molecule has 0 bridgehead atoms. The smallest absolute Gasteiger partial charge is 0.284 e. The maximum Gasteiger partial charge on any atom is 0.284 e. The van der Waals surface area contributed by atoms with Gasteiger partial charge in [0.15, 0.2) is 5.01 Å². The molecule has 2 heterocycles. The van der Waals surface area contributed by atoms with Gasteiger partial charge in [-0.2, -0.15) is 0 Å². The van der Waals surface area contributed by atoms with E-state index in [0.29, 0.717) is 0 Å². The molecule has 5 rings (SSSR count). The normalized spacial score (nSPS) is 12.7. The number of hydrogen-bond acceptors (Lipinski definition) is 4. The third kappa shape index (κ3) is 3.29. The van der Waals surface area contributed by atoms with Gasteiger partial charge in [0.25, 0.3) is 5.91 Å². The minimum Gasteiger partial charge on any atom is -0.315 e. The summed E-state index contributed by atoms with van der Waals surface area (Å²) in [7, 11) is 0. The van der Waals surface area contributed by atoms with Crippen LogP contribution in [0.4, 0.5) is 14.5 Å². The second-order valence-corrected chi connectivity index (χ2v) is 8.01. The number of aryl methyl sites for hydroxylation is 2. The summed E-state index contributed by atoms with van der Waals surface area (Å²) in [6.07, 6.45) is 7.89. The molecule has 0 saturated heterocycles. The van der Waals surface area contributed by atoms with Gasteiger partial charge in [-0.1, -0.05) is 12.1 Å². The molecule has 1 aliphatic carbocycles. The second kappa shape index (κ2) is 7.46. The van der Waals surface area contributed by atoms with E-state index >= 15 is 0 Å². The van der Waals surface area contributed by atoms with Crippen LogP contribution in [-0.4, -0.2) is 20.4 Å². The van der Waals surface area contributed by atoms with Gasteiger partial charge in [-0.15, -0.1) is 11.3 Å². The number of carbonyl (C=O) groups is 1. The van der Waals surface area contributed by atoms with Crippen LogP contribution in [0, 0.1) is 11.6 Å². The van der Waals surface area contributed by atoms with Crippen LogP contribution in [0.1, 0.15) is 27.5 Å². The van der Waals surface area contributed by atoms with Crippen molar-refractivity contribution in [3.05, 3.63) is 83.0 Å². The Kier molecular flexibility index (Phi) is 4.63. The van der Waals surface area contributed by atoms with E-state index in [1.807, 2.05) is 16.8 Å². The number of amides is 1. The molecule has 30 heavy (non-hydrogen) atoms. The molecule has 1 amide bonds. The third-order valence-corrected chi connectivity index (χ3v) is 6.22. The average molecular weight is 422 g/mol. The fourth-order valence-electron chi connectivity index (χ4n) is 3.63. The van der Waals surface area contributed by atoms with Crippen molar-refractivity contribution in [3.63, 3.8) is 0 Å². The Morgan fingerprint density at radius 3 is 2.73 bits per heavy atom. The first-order valence-electron chi connectivity index (χ1n) is 9.47. The fraction of sp³-hybridized carbons (Fsp3) is 0.136. The van der Waals surface area contributed by atoms with E-state index in [2.05, 4.69) is 27.4 Å². The van der Waals surface area contributed by atoms with Crippen LogP contribution < -0.4 is 5.32 Å². The van der Waals surface area contributed by atoms with Crippen molar-refractivity contribution in [3.8, 4) is 16.1 Å². The highest BCUT2D eigenvalue weighted by Crippen LogP contribution is 2.38. The lowest BCUT2D eigenvalue weighted by Gasteiger charge is -2.09. The summed E-state index contributed by atoms with van der Waals surface area (Å²) in [5.41, 5.74) is 3.55. The molecular formula is C22H16F2N4OS. The molecule has 0 aliphatic heterocycles. The summed E-state index contributed by atoms with van der Waals surface area (Å²) >= 11 is 1.24. The number of halogens is 2. The standard InChI is InChI=1S/C22H16F2N4OS/c23-16-4-2-5-17(24)19(16)27-21(29)22-26-18-6-1-3-13-7-8-14(28-10-9-25-12-28)11-15(13)20(18)30-22/h2,4-5,7-12H,1,3,6H2,(H,27,29). The predicted molar refractivity (Wildman–Crippen MR) is 111 cm³/mol. The third-order valence-electron chi connectivity index (χ3n) is 5.09. The summed E-state index contributed by atoms with van der Waals surface area (Å²) in [5, 5.41) is 2.51. The molecule has 150 valence electrons. The van der Waals surface area contributed by atoms with Gasteiger partial charge >= 0.3 is 0 Å². The van der Waals surface area contributed by atoms with Gasteiger partial charge < -0.3 is 9.88 Å². The Hall–Kier alpha value is -3.39. The van der Waals surface area contributed by atoms with Crippen molar-refractivity contribution in [1.82, 2.24) is 14.5 Å². The Labute approximate surface area is 175 Å². The maximum atomic E-state index is 13.9. The lowest BCUT2D eigenvalue weighted by molar-refractivity contribution is 0.102. The lowest BCUT2D eigenvalue weighted by Crippen LogP contribution is -2.14. The zero-order valence-corrected chi connectivity index (χ0v) is 16.5. The van der Waals surface area contributed by atoms with Crippen LogP contribution >= 0.6 is 11.3 Å². The topological polar surface area (TPSA) is 59.8 Å². The highest BCUT2D eigenvalue weighted by Gasteiger charge is 2.23. The molecule has 0 radical (unpaired) electrons. The van der Waals surface area contributed by atoms with Gasteiger partial charge in [0.05, 0.1) is 16.9 Å². The molecule has 1 aliphatic rings. The van der Waals surface area contributed by atoms with Gasteiger partial charge in [-0.3, -0.25) is 4.79 Å². The number of thiazole rings is 1. The van der Waals surface area contributed by atoms with Crippen LogP contribution in [0.2, 0.25) is 0 Å². The van der Waals surface area contributed by atoms with Crippen molar-refractivity contribution in [2.75, 3.05) is 5.32 Å². The zero-order valence-electron chi connectivity index (χ0n) is 15.7.